The fourth-order valence-corrected chi connectivity index (χ4v) is 4.27. The van der Waals surface area contributed by atoms with Gasteiger partial charge in [0, 0.05) is 17.3 Å². The number of halogens is 1. The van der Waals surface area contributed by atoms with Crippen LogP contribution in [0.25, 0.3) is 0 Å². The number of piperidine rings is 3. The number of fused-ring (bicyclic) bond motifs is 2. The van der Waals surface area contributed by atoms with E-state index in [9.17, 15) is 0 Å². The molecular formula is C15H19ClN4. The number of hydrogen-bond donors (Lipinski definition) is 1. The molecule has 2 N–H and O–H groups in total. The highest BCUT2D eigenvalue weighted by Gasteiger charge is 2.54. The number of rotatable bonds is 1. The first-order valence-electron chi connectivity index (χ1n) is 7.27. The van der Waals surface area contributed by atoms with Crippen molar-refractivity contribution in [1.29, 1.82) is 0 Å². The number of hydrogen-bond acceptors (Lipinski definition) is 4. The van der Waals surface area contributed by atoms with Crippen molar-refractivity contribution < 1.29 is 0 Å². The summed E-state index contributed by atoms with van der Waals surface area (Å²) < 4.78 is 0. The number of benzene rings is 1. The van der Waals surface area contributed by atoms with Crippen LogP contribution in [0.2, 0.25) is 5.02 Å². The van der Waals surface area contributed by atoms with Crippen LogP contribution in [-0.2, 0) is 0 Å². The Balaban J connectivity index is 1.75. The highest BCUT2D eigenvalue weighted by atomic mass is 35.5. The topological polar surface area (TPSA) is 44.9 Å². The van der Waals surface area contributed by atoms with Crippen LogP contribution >= 0.6 is 11.6 Å². The Morgan fingerprint density at radius 1 is 1.20 bits per heavy atom. The lowest BCUT2D eigenvalue weighted by atomic mass is 9.72. The summed E-state index contributed by atoms with van der Waals surface area (Å²) in [6, 6.07) is 7.96. The molecule has 5 heteroatoms. The smallest absolute Gasteiger partial charge is 0.196 e. The summed E-state index contributed by atoms with van der Waals surface area (Å²) in [7, 11) is 0. The first kappa shape index (κ1) is 12.5. The maximum Gasteiger partial charge on any atom is 0.196 e. The number of nitrogens with two attached hydrogens (primary N) is 1. The predicted octanol–water partition coefficient (Wildman–Crippen LogP) is 1.94. The fraction of sp³-hybridized carbons (Fsp3) is 0.533. The molecule has 5 rings (SSSR count). The van der Waals surface area contributed by atoms with Gasteiger partial charge in [0.1, 0.15) is 0 Å². The number of aliphatic imine (C=N–C) groups is 1. The molecule has 0 amide bonds. The van der Waals surface area contributed by atoms with Crippen molar-refractivity contribution in [2.75, 3.05) is 31.1 Å². The molecule has 106 valence electrons. The molecule has 2 bridgehead atoms. The van der Waals surface area contributed by atoms with Crippen LogP contribution in [0.5, 0.6) is 0 Å². The largest absolute Gasteiger partial charge is 0.369 e. The second-order valence-electron chi connectivity index (χ2n) is 6.14. The molecule has 20 heavy (non-hydrogen) atoms. The maximum atomic E-state index is 6.21. The van der Waals surface area contributed by atoms with E-state index in [-0.39, 0.29) is 5.54 Å². The van der Waals surface area contributed by atoms with Gasteiger partial charge in [-0.25, -0.2) is 0 Å². The van der Waals surface area contributed by atoms with Crippen LogP contribution in [0.4, 0.5) is 5.69 Å². The Hall–Kier alpha value is -1.26. The molecule has 1 unspecified atom stereocenters. The van der Waals surface area contributed by atoms with E-state index in [0.29, 0.717) is 11.9 Å². The van der Waals surface area contributed by atoms with Crippen molar-refractivity contribution in [3.8, 4) is 0 Å². The van der Waals surface area contributed by atoms with Crippen LogP contribution in [0.3, 0.4) is 0 Å². The third-order valence-electron chi connectivity index (χ3n) is 5.12. The van der Waals surface area contributed by atoms with Crippen LogP contribution in [0.1, 0.15) is 12.8 Å². The number of anilines is 1. The molecule has 0 aromatic heterocycles. The minimum atomic E-state index is 0.0639. The monoisotopic (exact) mass is 290 g/mol. The second-order valence-corrected chi connectivity index (χ2v) is 6.58. The molecule has 1 atom stereocenters. The van der Waals surface area contributed by atoms with Crippen LogP contribution in [0, 0.1) is 5.92 Å². The van der Waals surface area contributed by atoms with Gasteiger partial charge in [-0.05, 0) is 56.1 Å². The highest BCUT2D eigenvalue weighted by molar-refractivity contribution is 6.30. The van der Waals surface area contributed by atoms with E-state index in [1.54, 1.807) is 0 Å². The molecule has 0 saturated carbocycles. The van der Waals surface area contributed by atoms with Gasteiger partial charge in [-0.3, -0.25) is 4.99 Å². The van der Waals surface area contributed by atoms with Crippen LogP contribution < -0.4 is 10.6 Å². The van der Waals surface area contributed by atoms with Gasteiger partial charge >= 0.3 is 0 Å². The summed E-state index contributed by atoms with van der Waals surface area (Å²) in [5.41, 5.74) is 7.39. The van der Waals surface area contributed by atoms with Gasteiger partial charge in [0.05, 0.1) is 12.1 Å². The Bertz CT molecular complexity index is 547. The maximum absolute atomic E-state index is 6.21. The highest BCUT2D eigenvalue weighted by Crippen LogP contribution is 2.44. The zero-order valence-corrected chi connectivity index (χ0v) is 12.2. The third kappa shape index (κ3) is 1.68. The molecular weight excluding hydrogens is 272 g/mol. The molecule has 4 aliphatic heterocycles. The molecule has 0 aliphatic carbocycles. The summed E-state index contributed by atoms with van der Waals surface area (Å²) in [6.45, 7) is 4.34. The Morgan fingerprint density at radius 3 is 2.50 bits per heavy atom. The van der Waals surface area contributed by atoms with Crippen molar-refractivity contribution >= 4 is 23.2 Å². The van der Waals surface area contributed by atoms with Gasteiger partial charge in [-0.15, -0.1) is 0 Å². The van der Waals surface area contributed by atoms with Gasteiger partial charge in [-0.2, -0.15) is 0 Å². The van der Waals surface area contributed by atoms with Gasteiger partial charge in [-0.1, -0.05) is 11.6 Å². The number of guanidine groups is 1. The summed E-state index contributed by atoms with van der Waals surface area (Å²) in [6.07, 6.45) is 2.51. The van der Waals surface area contributed by atoms with E-state index in [2.05, 4.69) is 26.9 Å². The number of nitrogens with zero attached hydrogens (tertiary/aromatic N) is 3. The molecule has 4 nitrogen and oxygen atoms in total. The molecule has 3 saturated heterocycles. The van der Waals surface area contributed by atoms with E-state index in [1.165, 1.54) is 25.9 Å². The Kier molecular flexibility index (Phi) is 2.72. The van der Waals surface area contributed by atoms with Crippen molar-refractivity contribution in [2.24, 2.45) is 16.6 Å². The lowest BCUT2D eigenvalue weighted by Gasteiger charge is -2.55. The Labute approximate surface area is 124 Å². The van der Waals surface area contributed by atoms with Gasteiger partial charge < -0.3 is 15.5 Å². The van der Waals surface area contributed by atoms with Gasteiger partial charge in [0.25, 0.3) is 0 Å². The van der Waals surface area contributed by atoms with Crippen molar-refractivity contribution in [3.63, 3.8) is 0 Å². The first-order chi connectivity index (χ1) is 9.69. The zero-order valence-electron chi connectivity index (χ0n) is 11.4. The average molecular weight is 291 g/mol. The van der Waals surface area contributed by atoms with Gasteiger partial charge in [0.15, 0.2) is 5.96 Å². The molecule has 4 heterocycles. The molecule has 3 fully saturated rings. The normalized spacial score (nSPS) is 35.6. The van der Waals surface area contributed by atoms with E-state index in [1.807, 2.05) is 12.1 Å². The minimum absolute atomic E-state index is 0.0639. The van der Waals surface area contributed by atoms with Crippen LogP contribution in [0.15, 0.2) is 29.3 Å². The minimum Gasteiger partial charge on any atom is -0.369 e. The lowest BCUT2D eigenvalue weighted by molar-refractivity contribution is 0.0391. The Morgan fingerprint density at radius 2 is 1.90 bits per heavy atom. The molecule has 1 aromatic carbocycles. The van der Waals surface area contributed by atoms with E-state index >= 15 is 0 Å². The first-order valence-corrected chi connectivity index (χ1v) is 7.65. The second kappa shape index (κ2) is 4.37. The predicted molar refractivity (Wildman–Crippen MR) is 82.3 cm³/mol. The van der Waals surface area contributed by atoms with Crippen LogP contribution in [-0.4, -0.2) is 42.6 Å². The summed E-state index contributed by atoms with van der Waals surface area (Å²) in [5, 5.41) is 0.756. The SMILES string of the molecule is NC1=NCC2(CN3CCC2CC3)N1c1ccc(Cl)cc1. The van der Waals surface area contributed by atoms with E-state index < -0.39 is 0 Å². The standard InChI is InChI=1S/C15H19ClN4/c16-12-1-3-13(4-2-12)20-14(17)18-9-15(20)10-19-7-5-11(15)6-8-19/h1-4,11H,5-10H2,(H2,17,18). The van der Waals surface area contributed by atoms with Gasteiger partial charge in [0.2, 0.25) is 0 Å². The fourth-order valence-electron chi connectivity index (χ4n) is 4.14. The molecule has 0 radical (unpaired) electrons. The summed E-state index contributed by atoms with van der Waals surface area (Å²) in [5.74, 6) is 1.34. The zero-order chi connectivity index (χ0) is 13.7. The van der Waals surface area contributed by atoms with Crippen molar-refractivity contribution in [2.45, 2.75) is 18.4 Å². The third-order valence-corrected chi connectivity index (χ3v) is 5.37. The van der Waals surface area contributed by atoms with E-state index in [0.717, 1.165) is 23.8 Å². The summed E-state index contributed by atoms with van der Waals surface area (Å²) >= 11 is 6.01. The molecule has 1 spiro atoms. The quantitative estimate of drug-likeness (QED) is 0.860. The summed E-state index contributed by atoms with van der Waals surface area (Å²) in [4.78, 5) is 9.39. The molecule has 4 aliphatic rings. The average Bonchev–Trinajstić information content (AvgIpc) is 2.78. The van der Waals surface area contributed by atoms with E-state index in [4.69, 9.17) is 17.3 Å². The van der Waals surface area contributed by atoms with Crippen molar-refractivity contribution in [3.05, 3.63) is 29.3 Å². The lowest BCUT2D eigenvalue weighted by Crippen LogP contribution is -2.68. The van der Waals surface area contributed by atoms with Crippen molar-refractivity contribution in [1.82, 2.24) is 4.90 Å². The molecule has 1 aromatic rings.